The minimum absolute atomic E-state index is 0.0241. The van der Waals surface area contributed by atoms with Crippen LogP contribution < -0.4 is 5.73 Å². The molecule has 1 atom stereocenters. The summed E-state index contributed by atoms with van der Waals surface area (Å²) in [4.78, 5) is 11.2. The normalized spacial score (nSPS) is 21.3. The van der Waals surface area contributed by atoms with E-state index in [-0.39, 0.29) is 11.2 Å². The van der Waals surface area contributed by atoms with E-state index in [2.05, 4.69) is 20.0 Å². The number of nitrogen functional groups attached to an aromatic ring is 1. The number of aromatic nitrogens is 4. The highest BCUT2D eigenvalue weighted by Crippen LogP contribution is 2.44. The van der Waals surface area contributed by atoms with Crippen molar-refractivity contribution in [2.75, 3.05) is 18.8 Å². The van der Waals surface area contributed by atoms with E-state index >= 15 is 0 Å². The summed E-state index contributed by atoms with van der Waals surface area (Å²) in [6.45, 7) is 6.59. The van der Waals surface area contributed by atoms with Gasteiger partial charge in [0.1, 0.15) is 5.82 Å². The molecular weight excluding hydrogens is 379 g/mol. The summed E-state index contributed by atoms with van der Waals surface area (Å²) in [5.41, 5.74) is 12.2. The highest BCUT2D eigenvalue weighted by atomic mass is 19.1. The van der Waals surface area contributed by atoms with Crippen molar-refractivity contribution in [1.29, 1.82) is 0 Å². The van der Waals surface area contributed by atoms with Gasteiger partial charge in [0.25, 0.3) is 0 Å². The average Bonchev–Trinajstić information content (AvgIpc) is 3.21. The molecule has 5 rings (SSSR count). The molecular formula is C23H27FN6. The zero-order valence-electron chi connectivity index (χ0n) is 17.5. The summed E-state index contributed by atoms with van der Waals surface area (Å²) in [6, 6.07) is 7.04. The molecule has 0 bridgehead atoms. The number of nitrogens with zero attached hydrogens (tertiary/aromatic N) is 5. The Hall–Kier alpha value is -2.80. The van der Waals surface area contributed by atoms with Gasteiger partial charge in [0, 0.05) is 30.4 Å². The third-order valence-electron chi connectivity index (χ3n) is 6.59. The van der Waals surface area contributed by atoms with Crippen LogP contribution in [0.4, 0.5) is 10.3 Å². The monoisotopic (exact) mass is 406 g/mol. The zero-order valence-corrected chi connectivity index (χ0v) is 17.5. The summed E-state index contributed by atoms with van der Waals surface area (Å²) in [6.07, 6.45) is 6.16. The molecule has 1 unspecified atom stereocenters. The van der Waals surface area contributed by atoms with Crippen molar-refractivity contribution in [3.05, 3.63) is 64.5 Å². The zero-order chi connectivity index (χ0) is 20.9. The van der Waals surface area contributed by atoms with Crippen molar-refractivity contribution in [2.24, 2.45) is 0 Å². The van der Waals surface area contributed by atoms with E-state index in [1.54, 1.807) is 6.07 Å². The van der Waals surface area contributed by atoms with Crippen LogP contribution in [-0.4, -0.2) is 37.7 Å². The van der Waals surface area contributed by atoms with Crippen molar-refractivity contribution in [3.8, 4) is 5.69 Å². The van der Waals surface area contributed by atoms with Gasteiger partial charge in [-0.3, -0.25) is 4.90 Å². The minimum Gasteiger partial charge on any atom is -0.368 e. The number of fused-ring (bicyclic) bond motifs is 2. The van der Waals surface area contributed by atoms with Crippen LogP contribution in [0.1, 0.15) is 47.5 Å². The molecule has 1 saturated heterocycles. The third kappa shape index (κ3) is 3.27. The summed E-state index contributed by atoms with van der Waals surface area (Å²) >= 11 is 0. The molecule has 6 nitrogen and oxygen atoms in total. The number of likely N-dealkylation sites (tertiary alicyclic amines) is 1. The Morgan fingerprint density at radius 1 is 1.20 bits per heavy atom. The molecule has 0 saturated carbocycles. The van der Waals surface area contributed by atoms with Gasteiger partial charge in [0.15, 0.2) is 0 Å². The van der Waals surface area contributed by atoms with Crippen molar-refractivity contribution in [1.82, 2.24) is 24.6 Å². The van der Waals surface area contributed by atoms with E-state index in [1.165, 1.54) is 11.6 Å². The first-order valence-corrected chi connectivity index (χ1v) is 10.6. The van der Waals surface area contributed by atoms with Crippen molar-refractivity contribution < 1.29 is 4.39 Å². The van der Waals surface area contributed by atoms with Gasteiger partial charge in [-0.1, -0.05) is 0 Å². The lowest BCUT2D eigenvalue weighted by atomic mass is 9.77. The first kappa shape index (κ1) is 19.2. The second-order valence-electron chi connectivity index (χ2n) is 8.81. The first-order chi connectivity index (χ1) is 14.4. The van der Waals surface area contributed by atoms with Gasteiger partial charge in [0.05, 0.1) is 17.1 Å². The van der Waals surface area contributed by atoms with E-state index in [9.17, 15) is 4.39 Å². The Balaban J connectivity index is 1.46. The molecule has 0 radical (unpaired) electrons. The van der Waals surface area contributed by atoms with E-state index in [0.29, 0.717) is 12.5 Å². The number of rotatable bonds is 3. The molecule has 7 heteroatoms. The summed E-state index contributed by atoms with van der Waals surface area (Å²) < 4.78 is 16.1. The molecule has 156 valence electrons. The fourth-order valence-electron chi connectivity index (χ4n) is 5.32. The number of hydrogen-bond acceptors (Lipinski definition) is 5. The summed E-state index contributed by atoms with van der Waals surface area (Å²) in [7, 11) is 0. The summed E-state index contributed by atoms with van der Waals surface area (Å²) in [5.74, 6) is 0.137. The van der Waals surface area contributed by atoms with Gasteiger partial charge >= 0.3 is 0 Å². The largest absolute Gasteiger partial charge is 0.368 e. The fourth-order valence-corrected chi connectivity index (χ4v) is 5.32. The minimum atomic E-state index is -0.214. The topological polar surface area (TPSA) is 72.9 Å². The lowest BCUT2D eigenvalue weighted by molar-refractivity contribution is 0.136. The molecule has 1 aliphatic carbocycles. The maximum absolute atomic E-state index is 14.2. The van der Waals surface area contributed by atoms with Gasteiger partial charge in [-0.05, 0) is 81.5 Å². The quantitative estimate of drug-likeness (QED) is 0.721. The number of hydrogen-bond donors (Lipinski definition) is 1. The second kappa shape index (κ2) is 7.16. The van der Waals surface area contributed by atoms with E-state index in [4.69, 9.17) is 5.73 Å². The van der Waals surface area contributed by atoms with Crippen LogP contribution in [-0.2, 0) is 18.4 Å². The average molecular weight is 407 g/mol. The lowest BCUT2D eigenvalue weighted by Gasteiger charge is -2.40. The molecule has 2 N–H and O–H groups in total. The molecule has 3 aromatic rings. The Morgan fingerprint density at radius 2 is 2.07 bits per heavy atom. The van der Waals surface area contributed by atoms with Gasteiger partial charge in [-0.25, -0.2) is 19.0 Å². The molecule has 1 fully saturated rings. The maximum Gasteiger partial charge on any atom is 0.220 e. The standard InChI is InChI=1S/C23H27FN6/c1-15-10-16(2)30(28-15)20-5-4-19(24)11-18(20)13-29-9-3-7-23(14-29)8-6-17-12-26-22(25)27-21(17)23/h4-5,10-12H,3,6-9,13-14H2,1-2H3,(H2,25,26,27). The SMILES string of the molecule is Cc1cc(C)n(-c2ccc(F)cc2CN2CCCC3(CCc4cnc(N)nc43)C2)n1. The number of piperidine rings is 1. The first-order valence-electron chi connectivity index (χ1n) is 10.6. The molecule has 1 aliphatic heterocycles. The predicted molar refractivity (Wildman–Crippen MR) is 114 cm³/mol. The van der Waals surface area contributed by atoms with E-state index in [0.717, 1.165) is 67.1 Å². The molecule has 2 aromatic heterocycles. The highest BCUT2D eigenvalue weighted by Gasteiger charge is 2.43. The van der Waals surface area contributed by atoms with Crippen molar-refractivity contribution in [3.63, 3.8) is 0 Å². The fraction of sp³-hybridized carbons (Fsp3) is 0.435. The Labute approximate surface area is 175 Å². The van der Waals surface area contributed by atoms with Crippen molar-refractivity contribution >= 4 is 5.95 Å². The van der Waals surface area contributed by atoms with Crippen LogP contribution in [0.15, 0.2) is 30.5 Å². The van der Waals surface area contributed by atoms with Crippen LogP contribution >= 0.6 is 0 Å². The van der Waals surface area contributed by atoms with E-state index in [1.807, 2.05) is 36.9 Å². The number of halogens is 1. The number of anilines is 1. The number of aryl methyl sites for hydroxylation is 3. The van der Waals surface area contributed by atoms with Gasteiger partial charge < -0.3 is 5.73 Å². The maximum atomic E-state index is 14.2. The molecule has 0 amide bonds. The number of nitrogens with two attached hydrogens (primary N) is 1. The molecule has 30 heavy (non-hydrogen) atoms. The van der Waals surface area contributed by atoms with Crippen LogP contribution in [0.3, 0.4) is 0 Å². The molecule has 2 aliphatic rings. The highest BCUT2D eigenvalue weighted by molar-refractivity contribution is 5.43. The smallest absolute Gasteiger partial charge is 0.220 e. The summed E-state index contributed by atoms with van der Waals surface area (Å²) in [5, 5.41) is 4.62. The van der Waals surface area contributed by atoms with E-state index < -0.39 is 0 Å². The lowest BCUT2D eigenvalue weighted by Crippen LogP contribution is -2.45. The van der Waals surface area contributed by atoms with Crippen LogP contribution in [0, 0.1) is 19.7 Å². The Bertz CT molecular complexity index is 1100. The Morgan fingerprint density at radius 3 is 2.87 bits per heavy atom. The Kier molecular flexibility index (Phi) is 4.58. The van der Waals surface area contributed by atoms with Crippen LogP contribution in [0.25, 0.3) is 5.69 Å². The van der Waals surface area contributed by atoms with Crippen LogP contribution in [0.2, 0.25) is 0 Å². The molecule has 3 heterocycles. The van der Waals surface area contributed by atoms with Gasteiger partial charge in [0.2, 0.25) is 5.95 Å². The number of benzene rings is 1. The van der Waals surface area contributed by atoms with Gasteiger partial charge in [-0.2, -0.15) is 5.10 Å². The second-order valence-corrected chi connectivity index (χ2v) is 8.81. The van der Waals surface area contributed by atoms with Gasteiger partial charge in [-0.15, -0.1) is 0 Å². The predicted octanol–water partition coefficient (Wildman–Crippen LogP) is 3.48. The molecule has 1 spiro atoms. The third-order valence-corrected chi connectivity index (χ3v) is 6.59. The van der Waals surface area contributed by atoms with Crippen LogP contribution in [0.5, 0.6) is 0 Å². The molecule has 1 aromatic carbocycles. The van der Waals surface area contributed by atoms with Crippen molar-refractivity contribution in [2.45, 2.75) is 51.5 Å².